The Balaban J connectivity index is 1.45. The smallest absolute Gasteiger partial charge is 0.144 e. The Labute approximate surface area is 242 Å². The second-order valence-corrected chi connectivity index (χ2v) is 10.7. The van der Waals surface area contributed by atoms with Crippen molar-refractivity contribution in [3.05, 3.63) is 150 Å². The van der Waals surface area contributed by atoms with Gasteiger partial charge in [-0.15, -0.1) is 0 Å². The summed E-state index contributed by atoms with van der Waals surface area (Å²) in [6.45, 7) is 3.81. The summed E-state index contributed by atoms with van der Waals surface area (Å²) in [6, 6.07) is 37.3. The van der Waals surface area contributed by atoms with Crippen molar-refractivity contribution in [2.75, 3.05) is 0 Å². The fourth-order valence-corrected chi connectivity index (χ4v) is 5.84. The van der Waals surface area contributed by atoms with Crippen molar-refractivity contribution in [1.82, 2.24) is 4.57 Å². The van der Waals surface area contributed by atoms with E-state index in [1.807, 2.05) is 50.2 Å². The topological polar surface area (TPSA) is 4.93 Å². The predicted molar refractivity (Wildman–Crippen MR) is 166 cm³/mol. The van der Waals surface area contributed by atoms with Crippen LogP contribution in [-0.4, -0.2) is 4.57 Å². The molecule has 0 radical (unpaired) electrons. The first-order chi connectivity index (χ1) is 20.4. The summed E-state index contributed by atoms with van der Waals surface area (Å²) in [5, 5.41) is 2.25. The van der Waals surface area contributed by atoms with E-state index in [9.17, 15) is 0 Å². The van der Waals surface area contributed by atoms with Gasteiger partial charge in [0.25, 0.3) is 0 Å². The SMILES string of the molecule is Cc1ccc(-c2c(F)c(-c3ccc(C)cc3)c(F)c(-c3ccc(-n4c5ccccc5c5ccccc54)cc3)c2F)cc1. The molecule has 6 aromatic carbocycles. The van der Waals surface area contributed by atoms with Gasteiger partial charge in [0, 0.05) is 16.5 Å². The van der Waals surface area contributed by atoms with Crippen LogP contribution < -0.4 is 0 Å². The van der Waals surface area contributed by atoms with E-state index in [1.165, 1.54) is 0 Å². The van der Waals surface area contributed by atoms with Gasteiger partial charge >= 0.3 is 0 Å². The number of para-hydroxylation sites is 2. The molecule has 7 rings (SSSR count). The molecule has 4 heteroatoms. The van der Waals surface area contributed by atoms with Gasteiger partial charge in [-0.05, 0) is 54.8 Å². The van der Waals surface area contributed by atoms with E-state index in [2.05, 4.69) is 28.8 Å². The van der Waals surface area contributed by atoms with Gasteiger partial charge in [-0.2, -0.15) is 0 Å². The molecule has 1 nitrogen and oxygen atoms in total. The number of rotatable bonds is 4. The zero-order valence-corrected chi connectivity index (χ0v) is 23.1. The van der Waals surface area contributed by atoms with Crippen LogP contribution >= 0.6 is 0 Å². The van der Waals surface area contributed by atoms with E-state index in [0.717, 1.165) is 38.6 Å². The first kappa shape index (κ1) is 25.8. The van der Waals surface area contributed by atoms with Crippen LogP contribution in [0.4, 0.5) is 13.2 Å². The summed E-state index contributed by atoms with van der Waals surface area (Å²) >= 11 is 0. The zero-order chi connectivity index (χ0) is 29.0. The van der Waals surface area contributed by atoms with E-state index in [-0.39, 0.29) is 16.7 Å². The van der Waals surface area contributed by atoms with Crippen LogP contribution in [0.25, 0.3) is 60.9 Å². The summed E-state index contributed by atoms with van der Waals surface area (Å²) < 4.78 is 50.9. The monoisotopic (exact) mass is 553 g/mol. The quantitative estimate of drug-likeness (QED) is 0.204. The second kappa shape index (κ2) is 10.1. The molecule has 7 aromatic rings. The predicted octanol–water partition coefficient (Wildman–Crippen LogP) is 10.8. The fraction of sp³-hybridized carbons (Fsp3) is 0.0526. The van der Waals surface area contributed by atoms with Crippen LogP contribution in [0.5, 0.6) is 0 Å². The molecular weight excluding hydrogens is 527 g/mol. The third kappa shape index (κ3) is 4.10. The Hall–Kier alpha value is -5.09. The molecule has 0 aliphatic heterocycles. The van der Waals surface area contributed by atoms with Crippen molar-refractivity contribution in [3.8, 4) is 39.1 Å². The molecule has 0 amide bonds. The largest absolute Gasteiger partial charge is 0.309 e. The lowest BCUT2D eigenvalue weighted by Crippen LogP contribution is -2.03. The number of fused-ring (bicyclic) bond motifs is 3. The first-order valence-electron chi connectivity index (χ1n) is 13.9. The van der Waals surface area contributed by atoms with Crippen molar-refractivity contribution >= 4 is 21.8 Å². The number of benzene rings is 6. The van der Waals surface area contributed by atoms with Crippen LogP contribution in [-0.2, 0) is 0 Å². The number of hydrogen-bond donors (Lipinski definition) is 0. The second-order valence-electron chi connectivity index (χ2n) is 10.7. The van der Waals surface area contributed by atoms with E-state index in [4.69, 9.17) is 0 Å². The fourth-order valence-electron chi connectivity index (χ4n) is 5.84. The van der Waals surface area contributed by atoms with E-state index >= 15 is 13.2 Å². The molecule has 0 unspecified atom stereocenters. The van der Waals surface area contributed by atoms with Crippen molar-refractivity contribution < 1.29 is 13.2 Å². The summed E-state index contributed by atoms with van der Waals surface area (Å²) in [5.74, 6) is -2.76. The van der Waals surface area contributed by atoms with Gasteiger partial charge < -0.3 is 4.57 Å². The average molecular weight is 554 g/mol. The van der Waals surface area contributed by atoms with E-state index in [1.54, 1.807) is 60.7 Å². The molecule has 1 heterocycles. The van der Waals surface area contributed by atoms with Gasteiger partial charge in [0.15, 0.2) is 0 Å². The van der Waals surface area contributed by atoms with Gasteiger partial charge in [-0.1, -0.05) is 108 Å². The molecular formula is C38H26F3N. The van der Waals surface area contributed by atoms with Gasteiger partial charge in [0.05, 0.1) is 27.7 Å². The Morgan fingerprint density at radius 2 is 0.738 bits per heavy atom. The highest BCUT2D eigenvalue weighted by molar-refractivity contribution is 6.09. The van der Waals surface area contributed by atoms with Crippen LogP contribution in [0.2, 0.25) is 0 Å². The standard InChI is InChI=1S/C38H26F3N/c1-23-11-15-25(16-12-23)33-36(39)34(26-17-13-24(2)14-18-26)38(41)35(37(33)40)27-19-21-28(22-20-27)42-31-9-5-3-7-29(31)30-8-4-6-10-32(30)42/h3-22H,1-2H3. The molecule has 0 saturated heterocycles. The highest BCUT2D eigenvalue weighted by atomic mass is 19.1. The third-order valence-corrected chi connectivity index (χ3v) is 7.99. The normalized spacial score (nSPS) is 11.5. The molecule has 42 heavy (non-hydrogen) atoms. The van der Waals surface area contributed by atoms with Crippen LogP contribution in [0.1, 0.15) is 11.1 Å². The molecule has 1 aromatic heterocycles. The summed E-state index contributed by atoms with van der Waals surface area (Å²) in [7, 11) is 0. The Bertz CT molecular complexity index is 1980. The van der Waals surface area contributed by atoms with Crippen molar-refractivity contribution in [2.45, 2.75) is 13.8 Å². The molecule has 0 bridgehead atoms. The highest BCUT2D eigenvalue weighted by Gasteiger charge is 2.28. The van der Waals surface area contributed by atoms with Crippen molar-refractivity contribution in [3.63, 3.8) is 0 Å². The molecule has 0 spiro atoms. The van der Waals surface area contributed by atoms with E-state index in [0.29, 0.717) is 16.7 Å². The summed E-state index contributed by atoms with van der Waals surface area (Å²) in [4.78, 5) is 0. The Kier molecular flexibility index (Phi) is 6.20. The maximum Gasteiger partial charge on any atom is 0.144 e. The van der Waals surface area contributed by atoms with Crippen LogP contribution in [0, 0.1) is 31.3 Å². The lowest BCUT2D eigenvalue weighted by atomic mass is 9.90. The van der Waals surface area contributed by atoms with Crippen LogP contribution in [0.15, 0.2) is 121 Å². The molecule has 0 saturated carbocycles. The maximum absolute atomic E-state index is 16.3. The maximum atomic E-state index is 16.3. The molecule has 0 atom stereocenters. The third-order valence-electron chi connectivity index (χ3n) is 7.99. The molecule has 0 aliphatic rings. The zero-order valence-electron chi connectivity index (χ0n) is 23.1. The van der Waals surface area contributed by atoms with Gasteiger partial charge in [-0.3, -0.25) is 0 Å². The minimum absolute atomic E-state index is 0.242. The molecule has 0 aliphatic carbocycles. The molecule has 0 N–H and O–H groups in total. The summed E-state index contributed by atoms with van der Waals surface area (Å²) in [6.07, 6.45) is 0. The van der Waals surface area contributed by atoms with Crippen molar-refractivity contribution in [2.24, 2.45) is 0 Å². The highest BCUT2D eigenvalue weighted by Crippen LogP contribution is 2.42. The molecule has 0 fully saturated rings. The van der Waals surface area contributed by atoms with Gasteiger partial charge in [0.1, 0.15) is 17.5 Å². The number of hydrogen-bond acceptors (Lipinski definition) is 0. The lowest BCUT2D eigenvalue weighted by Gasteiger charge is -2.17. The lowest BCUT2D eigenvalue weighted by molar-refractivity contribution is 0.557. The number of halogens is 3. The minimum atomic E-state index is -0.922. The van der Waals surface area contributed by atoms with Crippen LogP contribution in [0.3, 0.4) is 0 Å². The number of aryl methyl sites for hydroxylation is 2. The molecule has 204 valence electrons. The number of aromatic nitrogens is 1. The Morgan fingerprint density at radius 3 is 1.12 bits per heavy atom. The van der Waals surface area contributed by atoms with Gasteiger partial charge in [0.2, 0.25) is 0 Å². The average Bonchev–Trinajstić information content (AvgIpc) is 3.34. The summed E-state index contributed by atoms with van der Waals surface area (Å²) in [5.41, 5.74) is 5.15. The Morgan fingerprint density at radius 1 is 0.405 bits per heavy atom. The minimum Gasteiger partial charge on any atom is -0.309 e. The van der Waals surface area contributed by atoms with Gasteiger partial charge in [-0.25, -0.2) is 13.2 Å². The first-order valence-corrected chi connectivity index (χ1v) is 13.9. The van der Waals surface area contributed by atoms with E-state index < -0.39 is 17.5 Å². The van der Waals surface area contributed by atoms with Crippen molar-refractivity contribution in [1.29, 1.82) is 0 Å². The number of nitrogens with zero attached hydrogens (tertiary/aromatic N) is 1.